The van der Waals surface area contributed by atoms with Gasteiger partial charge in [-0.3, -0.25) is 4.98 Å². The molecular weight excluding hydrogens is 212 g/mol. The van der Waals surface area contributed by atoms with Gasteiger partial charge in [0.2, 0.25) is 0 Å². The Balaban J connectivity index is 2.52. The molecule has 0 saturated carbocycles. The summed E-state index contributed by atoms with van der Waals surface area (Å²) in [6.45, 7) is 2.12. The summed E-state index contributed by atoms with van der Waals surface area (Å²) >= 11 is 0. The van der Waals surface area contributed by atoms with Crippen molar-refractivity contribution in [1.82, 2.24) is 4.98 Å². The van der Waals surface area contributed by atoms with Crippen molar-refractivity contribution in [3.8, 4) is 0 Å². The maximum absolute atomic E-state index is 9.14. The second kappa shape index (κ2) is 5.25. The molecule has 0 radical (unpaired) electrons. The number of aliphatic hydroxyl groups excluding tert-OH is 1. The van der Waals surface area contributed by atoms with Gasteiger partial charge in [0.05, 0.1) is 5.52 Å². The number of hydrogen-bond donors (Lipinski definition) is 2. The summed E-state index contributed by atoms with van der Waals surface area (Å²) in [5.41, 5.74) is 8.13. The third-order valence-corrected chi connectivity index (χ3v) is 3.14. The molecule has 3 heteroatoms. The quantitative estimate of drug-likeness (QED) is 0.845. The van der Waals surface area contributed by atoms with Crippen LogP contribution in [0.2, 0.25) is 0 Å². The van der Waals surface area contributed by atoms with Crippen LogP contribution in [0.3, 0.4) is 0 Å². The second-order valence-corrected chi connectivity index (χ2v) is 4.40. The highest BCUT2D eigenvalue weighted by atomic mass is 16.3. The molecule has 3 nitrogen and oxygen atoms in total. The number of hydrogen-bond acceptors (Lipinski definition) is 3. The van der Waals surface area contributed by atoms with Gasteiger partial charge in [-0.05, 0) is 25.0 Å². The molecule has 1 aromatic heterocycles. The molecule has 0 aliphatic carbocycles. The van der Waals surface area contributed by atoms with Gasteiger partial charge in [0.1, 0.15) is 0 Å². The van der Waals surface area contributed by atoms with Crippen LogP contribution in [-0.2, 0) is 0 Å². The minimum Gasteiger partial charge on any atom is -0.396 e. The zero-order valence-corrected chi connectivity index (χ0v) is 10.0. The van der Waals surface area contributed by atoms with E-state index < -0.39 is 0 Å². The number of aliphatic hydroxyl groups is 1. The number of aromatic nitrogens is 1. The Morgan fingerprint density at radius 2 is 2.06 bits per heavy atom. The Morgan fingerprint density at radius 3 is 2.76 bits per heavy atom. The summed E-state index contributed by atoms with van der Waals surface area (Å²) in [5, 5.41) is 10.3. The van der Waals surface area contributed by atoms with E-state index in [1.807, 2.05) is 31.2 Å². The highest BCUT2D eigenvalue weighted by molar-refractivity contribution is 5.82. The highest BCUT2D eigenvalue weighted by Gasteiger charge is 2.18. The number of pyridine rings is 1. The lowest BCUT2D eigenvalue weighted by Crippen LogP contribution is -2.26. The zero-order valence-electron chi connectivity index (χ0n) is 10.0. The Bertz CT molecular complexity index is 491. The number of nitrogens with two attached hydrogens (primary N) is 1. The van der Waals surface area contributed by atoms with E-state index in [4.69, 9.17) is 10.8 Å². The van der Waals surface area contributed by atoms with Gasteiger partial charge in [-0.1, -0.05) is 24.3 Å². The average Bonchev–Trinajstić information content (AvgIpc) is 2.35. The molecule has 0 amide bonds. The predicted molar refractivity (Wildman–Crippen MR) is 69.8 cm³/mol. The predicted octanol–water partition coefficient (Wildman–Crippen LogP) is 2.05. The fourth-order valence-corrected chi connectivity index (χ4v) is 2.27. The van der Waals surface area contributed by atoms with Crippen LogP contribution >= 0.6 is 0 Å². The molecule has 2 atom stereocenters. The molecule has 90 valence electrons. The number of fused-ring (bicyclic) bond motifs is 1. The van der Waals surface area contributed by atoms with Crippen LogP contribution < -0.4 is 5.73 Å². The maximum Gasteiger partial charge on any atom is 0.0737 e. The molecule has 0 saturated heterocycles. The lowest BCUT2D eigenvalue weighted by atomic mass is 9.88. The third-order valence-electron chi connectivity index (χ3n) is 3.14. The van der Waals surface area contributed by atoms with Crippen molar-refractivity contribution in [3.05, 3.63) is 42.1 Å². The van der Waals surface area contributed by atoms with Crippen LogP contribution in [0.25, 0.3) is 10.9 Å². The van der Waals surface area contributed by atoms with Crippen molar-refractivity contribution >= 4 is 10.9 Å². The topological polar surface area (TPSA) is 59.1 Å². The van der Waals surface area contributed by atoms with Gasteiger partial charge in [-0.25, -0.2) is 0 Å². The smallest absolute Gasteiger partial charge is 0.0737 e. The van der Waals surface area contributed by atoms with Gasteiger partial charge < -0.3 is 10.8 Å². The molecule has 0 aliphatic heterocycles. The van der Waals surface area contributed by atoms with Crippen LogP contribution in [0, 0.1) is 0 Å². The third kappa shape index (κ3) is 2.46. The molecule has 1 heterocycles. The van der Waals surface area contributed by atoms with Crippen molar-refractivity contribution in [2.45, 2.75) is 25.3 Å². The molecule has 0 spiro atoms. The van der Waals surface area contributed by atoms with E-state index in [2.05, 4.69) is 11.1 Å². The van der Waals surface area contributed by atoms with Gasteiger partial charge in [0.15, 0.2) is 0 Å². The Labute approximate surface area is 101 Å². The molecule has 1 aromatic carbocycles. The average molecular weight is 230 g/mol. The van der Waals surface area contributed by atoms with Gasteiger partial charge in [0.25, 0.3) is 0 Å². The van der Waals surface area contributed by atoms with Crippen molar-refractivity contribution in [2.75, 3.05) is 6.61 Å². The first-order chi connectivity index (χ1) is 8.24. The van der Waals surface area contributed by atoms with Crippen LogP contribution in [0.4, 0.5) is 0 Å². The van der Waals surface area contributed by atoms with Crippen molar-refractivity contribution in [2.24, 2.45) is 5.73 Å². The van der Waals surface area contributed by atoms with Crippen LogP contribution in [-0.4, -0.2) is 22.7 Å². The van der Waals surface area contributed by atoms with E-state index in [0.717, 1.165) is 16.5 Å². The van der Waals surface area contributed by atoms with E-state index in [9.17, 15) is 0 Å². The monoisotopic (exact) mass is 230 g/mol. The fourth-order valence-electron chi connectivity index (χ4n) is 2.27. The Hall–Kier alpha value is -1.45. The van der Waals surface area contributed by atoms with Crippen LogP contribution in [0.5, 0.6) is 0 Å². The van der Waals surface area contributed by atoms with Crippen molar-refractivity contribution < 1.29 is 5.11 Å². The van der Waals surface area contributed by atoms with Gasteiger partial charge in [-0.2, -0.15) is 0 Å². The zero-order chi connectivity index (χ0) is 12.3. The lowest BCUT2D eigenvalue weighted by molar-refractivity contribution is 0.269. The number of benzene rings is 1. The van der Waals surface area contributed by atoms with Gasteiger partial charge in [0, 0.05) is 30.1 Å². The van der Waals surface area contributed by atoms with Gasteiger partial charge >= 0.3 is 0 Å². The summed E-state index contributed by atoms with van der Waals surface area (Å²) in [5.74, 6) is 0.151. The van der Waals surface area contributed by atoms with Crippen molar-refractivity contribution in [3.63, 3.8) is 0 Å². The largest absolute Gasteiger partial charge is 0.396 e. The first-order valence-corrected chi connectivity index (χ1v) is 5.94. The molecule has 0 bridgehead atoms. The Kier molecular flexibility index (Phi) is 3.71. The normalized spacial score (nSPS) is 14.8. The molecular formula is C14H18N2O. The Morgan fingerprint density at radius 1 is 1.29 bits per heavy atom. The first-order valence-electron chi connectivity index (χ1n) is 5.94. The van der Waals surface area contributed by atoms with E-state index in [1.165, 1.54) is 0 Å². The summed E-state index contributed by atoms with van der Waals surface area (Å²) < 4.78 is 0. The standard InChI is InChI=1S/C14H18N2O/c1-10(15)12(7-9-17)13-6-2-4-11-5-3-8-16-14(11)13/h2-6,8,10,12,17H,7,9,15H2,1H3. The van der Waals surface area contributed by atoms with Crippen LogP contribution in [0.15, 0.2) is 36.5 Å². The second-order valence-electron chi connectivity index (χ2n) is 4.40. The van der Waals surface area contributed by atoms with E-state index in [-0.39, 0.29) is 18.6 Å². The van der Waals surface area contributed by atoms with E-state index in [0.29, 0.717) is 6.42 Å². The van der Waals surface area contributed by atoms with Crippen LogP contribution in [0.1, 0.15) is 24.8 Å². The molecule has 0 fully saturated rings. The van der Waals surface area contributed by atoms with E-state index in [1.54, 1.807) is 6.20 Å². The highest BCUT2D eigenvalue weighted by Crippen LogP contribution is 2.28. The molecule has 3 N–H and O–H groups in total. The molecule has 2 rings (SSSR count). The van der Waals surface area contributed by atoms with Crippen molar-refractivity contribution in [1.29, 1.82) is 0 Å². The summed E-state index contributed by atoms with van der Waals surface area (Å²) in [7, 11) is 0. The molecule has 0 aliphatic rings. The minimum absolute atomic E-state index is 0.00903. The van der Waals surface area contributed by atoms with Gasteiger partial charge in [-0.15, -0.1) is 0 Å². The fraction of sp³-hybridized carbons (Fsp3) is 0.357. The molecule has 2 aromatic rings. The summed E-state index contributed by atoms with van der Waals surface area (Å²) in [6.07, 6.45) is 2.47. The number of para-hydroxylation sites is 1. The molecule has 2 unspecified atom stereocenters. The lowest BCUT2D eigenvalue weighted by Gasteiger charge is -2.21. The minimum atomic E-state index is 0.00903. The number of rotatable bonds is 4. The number of nitrogens with zero attached hydrogens (tertiary/aromatic N) is 1. The SMILES string of the molecule is CC(N)C(CCO)c1cccc2cccnc12. The maximum atomic E-state index is 9.14. The van der Waals surface area contributed by atoms with E-state index >= 15 is 0 Å². The first kappa shape index (κ1) is 12.0. The summed E-state index contributed by atoms with van der Waals surface area (Å²) in [6, 6.07) is 10.1. The summed E-state index contributed by atoms with van der Waals surface area (Å²) in [4.78, 5) is 4.43. The molecule has 17 heavy (non-hydrogen) atoms.